The SMILES string of the molecule is Cc1cn(-c2ccccc2)c2ccc(N3c4ccccc4C(c4ccccc4)(c4ccccc4)c4ccccc43)cc2c1=O. The van der Waals surface area contributed by atoms with E-state index in [1.807, 2.05) is 31.3 Å². The van der Waals surface area contributed by atoms with Crippen molar-refractivity contribution in [1.82, 2.24) is 4.57 Å². The minimum Gasteiger partial charge on any atom is -0.316 e. The summed E-state index contributed by atoms with van der Waals surface area (Å²) < 4.78 is 2.11. The van der Waals surface area contributed by atoms with Crippen LogP contribution in [0.4, 0.5) is 17.1 Å². The smallest absolute Gasteiger partial charge is 0.192 e. The predicted octanol–water partition coefficient (Wildman–Crippen LogP) is 9.47. The van der Waals surface area contributed by atoms with Gasteiger partial charge in [-0.15, -0.1) is 0 Å². The summed E-state index contributed by atoms with van der Waals surface area (Å²) in [5, 5.41) is 0.698. The molecule has 0 fully saturated rings. The second-order valence-corrected chi connectivity index (χ2v) is 11.4. The zero-order valence-corrected chi connectivity index (χ0v) is 24.4. The Morgan fingerprint density at radius 1 is 0.523 bits per heavy atom. The van der Waals surface area contributed by atoms with Crippen molar-refractivity contribution in [2.75, 3.05) is 4.90 Å². The van der Waals surface area contributed by atoms with E-state index >= 15 is 0 Å². The molecule has 0 atom stereocenters. The molecular formula is C41H30N2O. The first-order valence-corrected chi connectivity index (χ1v) is 15.0. The van der Waals surface area contributed by atoms with Crippen LogP contribution in [-0.4, -0.2) is 4.57 Å². The van der Waals surface area contributed by atoms with Crippen molar-refractivity contribution in [3.8, 4) is 5.69 Å². The number of para-hydroxylation sites is 3. The third-order valence-corrected chi connectivity index (χ3v) is 8.97. The molecule has 8 rings (SSSR count). The lowest BCUT2D eigenvalue weighted by atomic mass is 9.62. The molecule has 1 aliphatic heterocycles. The number of nitrogens with zero attached hydrogens (tertiary/aromatic N) is 2. The first-order chi connectivity index (χ1) is 21.7. The highest BCUT2D eigenvalue weighted by atomic mass is 16.1. The molecule has 0 aliphatic carbocycles. The van der Waals surface area contributed by atoms with Gasteiger partial charge < -0.3 is 9.47 Å². The van der Waals surface area contributed by atoms with Gasteiger partial charge in [-0.2, -0.15) is 0 Å². The fourth-order valence-electron chi connectivity index (χ4n) is 7.08. The molecule has 210 valence electrons. The van der Waals surface area contributed by atoms with Crippen LogP contribution in [0, 0.1) is 6.92 Å². The van der Waals surface area contributed by atoms with Gasteiger partial charge in [0.25, 0.3) is 0 Å². The molecule has 0 saturated heterocycles. The zero-order chi connectivity index (χ0) is 29.7. The molecule has 44 heavy (non-hydrogen) atoms. The second kappa shape index (κ2) is 10.3. The lowest BCUT2D eigenvalue weighted by Crippen LogP contribution is -2.37. The van der Waals surface area contributed by atoms with Crippen molar-refractivity contribution < 1.29 is 0 Å². The van der Waals surface area contributed by atoms with Crippen LogP contribution < -0.4 is 10.3 Å². The van der Waals surface area contributed by atoms with Crippen molar-refractivity contribution in [3.63, 3.8) is 0 Å². The van der Waals surface area contributed by atoms with E-state index in [0.717, 1.165) is 28.3 Å². The predicted molar refractivity (Wildman–Crippen MR) is 181 cm³/mol. The first kappa shape index (κ1) is 26.0. The maximum absolute atomic E-state index is 13.7. The fourth-order valence-corrected chi connectivity index (χ4v) is 7.08. The topological polar surface area (TPSA) is 25.2 Å². The minimum absolute atomic E-state index is 0.0514. The molecular weight excluding hydrogens is 536 g/mol. The lowest BCUT2D eigenvalue weighted by Gasteiger charge is -2.46. The zero-order valence-electron chi connectivity index (χ0n) is 24.4. The monoisotopic (exact) mass is 566 g/mol. The Bertz CT molecular complexity index is 2110. The number of aryl methyl sites for hydroxylation is 1. The fraction of sp³-hybridized carbons (Fsp3) is 0.0488. The molecule has 7 aromatic rings. The third-order valence-electron chi connectivity index (χ3n) is 8.97. The summed E-state index contributed by atoms with van der Waals surface area (Å²) in [6.07, 6.45) is 1.94. The second-order valence-electron chi connectivity index (χ2n) is 11.4. The molecule has 1 aromatic heterocycles. The van der Waals surface area contributed by atoms with Crippen LogP contribution in [0.15, 0.2) is 169 Å². The average molecular weight is 567 g/mol. The molecule has 0 N–H and O–H groups in total. The molecule has 0 spiro atoms. The van der Waals surface area contributed by atoms with Gasteiger partial charge in [0.1, 0.15) is 0 Å². The highest BCUT2D eigenvalue weighted by Gasteiger charge is 2.46. The van der Waals surface area contributed by atoms with Crippen LogP contribution >= 0.6 is 0 Å². The number of fused-ring (bicyclic) bond motifs is 3. The Labute approximate surface area is 256 Å². The molecule has 1 aliphatic rings. The molecule has 0 bridgehead atoms. The van der Waals surface area contributed by atoms with Gasteiger partial charge >= 0.3 is 0 Å². The van der Waals surface area contributed by atoms with Crippen molar-refractivity contribution >= 4 is 28.0 Å². The van der Waals surface area contributed by atoms with E-state index in [9.17, 15) is 4.79 Å². The Kier molecular flexibility index (Phi) is 6.06. The van der Waals surface area contributed by atoms with Gasteiger partial charge in [0.15, 0.2) is 5.43 Å². The molecule has 0 amide bonds. The highest BCUT2D eigenvalue weighted by molar-refractivity contribution is 5.93. The summed E-state index contributed by atoms with van der Waals surface area (Å²) in [5.74, 6) is 0. The maximum atomic E-state index is 13.7. The van der Waals surface area contributed by atoms with Crippen LogP contribution in [0.3, 0.4) is 0 Å². The van der Waals surface area contributed by atoms with E-state index in [1.165, 1.54) is 22.3 Å². The van der Waals surface area contributed by atoms with Crippen molar-refractivity contribution in [1.29, 1.82) is 0 Å². The van der Waals surface area contributed by atoms with Gasteiger partial charge in [0, 0.05) is 28.5 Å². The third kappa shape index (κ3) is 3.79. The number of aromatic nitrogens is 1. The molecule has 0 radical (unpaired) electrons. The Hall–Kier alpha value is -5.67. The average Bonchev–Trinajstić information content (AvgIpc) is 3.10. The highest BCUT2D eigenvalue weighted by Crippen LogP contribution is 2.57. The Balaban J connectivity index is 1.43. The number of rotatable bonds is 4. The van der Waals surface area contributed by atoms with E-state index in [2.05, 4.69) is 149 Å². The summed E-state index contributed by atoms with van der Waals surface area (Å²) in [4.78, 5) is 16.0. The van der Waals surface area contributed by atoms with Crippen molar-refractivity contribution in [2.24, 2.45) is 0 Å². The standard InChI is InChI=1S/C41H30N2O/c1-29-28-42(32-19-9-4-10-20-32)37-26-25-33(27-34(37)40(29)44)43-38-23-13-11-21-35(38)41(30-15-5-2-6-16-30,31-17-7-3-8-18-31)36-22-12-14-24-39(36)43/h2-28H,1H3. The number of anilines is 3. The van der Waals surface area contributed by atoms with Gasteiger partial charge in [0.2, 0.25) is 0 Å². The van der Waals surface area contributed by atoms with Gasteiger partial charge in [0.05, 0.1) is 22.3 Å². The molecule has 0 unspecified atom stereocenters. The molecule has 6 aromatic carbocycles. The molecule has 2 heterocycles. The number of pyridine rings is 1. The van der Waals surface area contributed by atoms with Gasteiger partial charge in [-0.3, -0.25) is 4.79 Å². The van der Waals surface area contributed by atoms with Gasteiger partial charge in [-0.1, -0.05) is 115 Å². The van der Waals surface area contributed by atoms with E-state index in [0.29, 0.717) is 10.9 Å². The van der Waals surface area contributed by atoms with E-state index in [4.69, 9.17) is 0 Å². The first-order valence-electron chi connectivity index (χ1n) is 15.0. The molecule has 0 saturated carbocycles. The van der Waals surface area contributed by atoms with Crippen LogP contribution in [0.1, 0.15) is 27.8 Å². The van der Waals surface area contributed by atoms with Gasteiger partial charge in [-0.25, -0.2) is 0 Å². The summed E-state index contributed by atoms with van der Waals surface area (Å²) in [5.41, 5.74) is 10.1. The number of hydrogen-bond acceptors (Lipinski definition) is 2. The summed E-state index contributed by atoms with van der Waals surface area (Å²) in [6, 6.07) is 55.5. The van der Waals surface area contributed by atoms with Crippen molar-refractivity contribution in [3.05, 3.63) is 202 Å². The van der Waals surface area contributed by atoms with Crippen LogP contribution in [0.5, 0.6) is 0 Å². The Morgan fingerprint density at radius 2 is 1.02 bits per heavy atom. The van der Waals surface area contributed by atoms with Gasteiger partial charge in [-0.05, 0) is 71.6 Å². The number of benzene rings is 6. The minimum atomic E-state index is -0.528. The van der Waals surface area contributed by atoms with Crippen LogP contribution in [-0.2, 0) is 5.41 Å². The van der Waals surface area contributed by atoms with E-state index < -0.39 is 5.41 Å². The normalized spacial score (nSPS) is 13.3. The number of hydrogen-bond donors (Lipinski definition) is 0. The summed E-state index contributed by atoms with van der Waals surface area (Å²) >= 11 is 0. The summed E-state index contributed by atoms with van der Waals surface area (Å²) in [7, 11) is 0. The molecule has 3 nitrogen and oxygen atoms in total. The maximum Gasteiger partial charge on any atom is 0.192 e. The largest absolute Gasteiger partial charge is 0.316 e. The molecule has 3 heteroatoms. The van der Waals surface area contributed by atoms with Crippen molar-refractivity contribution in [2.45, 2.75) is 12.3 Å². The lowest BCUT2D eigenvalue weighted by molar-refractivity contribution is 0.731. The summed E-state index contributed by atoms with van der Waals surface area (Å²) in [6.45, 7) is 1.90. The Morgan fingerprint density at radius 3 is 1.59 bits per heavy atom. The van der Waals surface area contributed by atoms with E-state index in [1.54, 1.807) is 0 Å². The quantitative estimate of drug-likeness (QED) is 0.212. The van der Waals surface area contributed by atoms with Crippen LogP contribution in [0.2, 0.25) is 0 Å². The van der Waals surface area contributed by atoms with E-state index in [-0.39, 0.29) is 5.43 Å². The van der Waals surface area contributed by atoms with Crippen LogP contribution in [0.25, 0.3) is 16.6 Å².